The first-order chi connectivity index (χ1) is 12.9. The number of benzene rings is 2. The van der Waals surface area contributed by atoms with Gasteiger partial charge in [-0.3, -0.25) is 15.1 Å². The molecular weight excluding hydrogens is 356 g/mol. The van der Waals surface area contributed by atoms with Crippen molar-refractivity contribution in [1.29, 1.82) is 0 Å². The Kier molecular flexibility index (Phi) is 6.12. The molecule has 2 aromatic carbocycles. The van der Waals surface area contributed by atoms with Gasteiger partial charge in [0.25, 0.3) is 0 Å². The quantitative estimate of drug-likeness (QED) is 0.389. The summed E-state index contributed by atoms with van der Waals surface area (Å²) in [6, 6.07) is 10.4. The number of rotatable bonds is 6. The summed E-state index contributed by atoms with van der Waals surface area (Å²) in [5.74, 6) is 0.191. The van der Waals surface area contributed by atoms with Gasteiger partial charge in [-0.1, -0.05) is 46.8 Å². The lowest BCUT2D eigenvalue weighted by Crippen LogP contribution is -2.25. The van der Waals surface area contributed by atoms with Gasteiger partial charge in [-0.05, 0) is 41.0 Å². The summed E-state index contributed by atoms with van der Waals surface area (Å²) in [6.07, 6.45) is 2.27. The van der Waals surface area contributed by atoms with Gasteiger partial charge in [-0.25, -0.2) is 0 Å². The van der Waals surface area contributed by atoms with Gasteiger partial charge in [0.2, 0.25) is 5.75 Å². The van der Waals surface area contributed by atoms with E-state index in [2.05, 4.69) is 39.6 Å². The van der Waals surface area contributed by atoms with E-state index in [1.807, 2.05) is 12.1 Å². The first-order valence-electron chi connectivity index (χ1n) is 9.13. The molecular formula is C22H28N2O4. The predicted octanol–water partition coefficient (Wildman–Crippen LogP) is 5.77. The van der Waals surface area contributed by atoms with Crippen LogP contribution in [0.2, 0.25) is 0 Å². The zero-order valence-corrected chi connectivity index (χ0v) is 17.3. The van der Waals surface area contributed by atoms with Gasteiger partial charge < -0.3 is 9.84 Å². The van der Waals surface area contributed by atoms with Crippen molar-refractivity contribution in [3.05, 3.63) is 57.6 Å². The molecule has 0 aromatic heterocycles. The van der Waals surface area contributed by atoms with Crippen LogP contribution in [-0.2, 0) is 5.41 Å². The maximum Gasteiger partial charge on any atom is 0.311 e. The molecule has 6 nitrogen and oxygen atoms in total. The molecule has 0 aliphatic rings. The van der Waals surface area contributed by atoms with E-state index >= 15 is 0 Å². The fourth-order valence-electron chi connectivity index (χ4n) is 3.57. The summed E-state index contributed by atoms with van der Waals surface area (Å²) in [5.41, 5.74) is 1.07. The zero-order valence-electron chi connectivity index (χ0n) is 17.3. The van der Waals surface area contributed by atoms with Gasteiger partial charge in [-0.15, -0.1) is 0 Å². The molecule has 6 heteroatoms. The van der Waals surface area contributed by atoms with Crippen molar-refractivity contribution in [2.24, 2.45) is 10.4 Å². The number of para-hydroxylation sites is 2. The van der Waals surface area contributed by atoms with E-state index in [1.54, 1.807) is 25.3 Å². The van der Waals surface area contributed by atoms with Crippen LogP contribution in [0.1, 0.15) is 52.2 Å². The van der Waals surface area contributed by atoms with Gasteiger partial charge in [-0.2, -0.15) is 0 Å². The minimum Gasteiger partial charge on any atom is -0.502 e. The first-order valence-corrected chi connectivity index (χ1v) is 9.13. The number of phenols is 1. The standard InChI is InChI=1S/C22H28N2O4/c1-21(2,3)14-22(4,5)16-11-15(20(25)18(12-16)24(26)27)13-23-17-9-7-8-10-19(17)28-6/h7-13,25H,14H2,1-6H3. The van der Waals surface area contributed by atoms with E-state index < -0.39 is 4.92 Å². The summed E-state index contributed by atoms with van der Waals surface area (Å²) < 4.78 is 5.27. The Morgan fingerprint density at radius 2 is 1.82 bits per heavy atom. The number of methoxy groups -OCH3 is 1. The zero-order chi connectivity index (χ0) is 21.1. The van der Waals surface area contributed by atoms with Crippen molar-refractivity contribution in [2.45, 2.75) is 46.5 Å². The van der Waals surface area contributed by atoms with Gasteiger partial charge >= 0.3 is 5.69 Å². The van der Waals surface area contributed by atoms with Gasteiger partial charge in [0.05, 0.1) is 12.0 Å². The van der Waals surface area contributed by atoms with Crippen LogP contribution in [0.3, 0.4) is 0 Å². The van der Waals surface area contributed by atoms with E-state index in [0.29, 0.717) is 17.0 Å². The molecule has 150 valence electrons. The molecule has 2 aromatic rings. The summed E-state index contributed by atoms with van der Waals surface area (Å²) in [5, 5.41) is 21.9. The lowest BCUT2D eigenvalue weighted by atomic mass is 9.72. The van der Waals surface area contributed by atoms with Crippen molar-refractivity contribution in [2.75, 3.05) is 7.11 Å². The fourth-order valence-corrected chi connectivity index (χ4v) is 3.57. The average molecular weight is 384 g/mol. The molecule has 2 rings (SSSR count). The third kappa shape index (κ3) is 5.09. The number of nitrogens with zero attached hydrogens (tertiary/aromatic N) is 2. The number of ether oxygens (including phenoxy) is 1. The van der Waals surface area contributed by atoms with Crippen LogP contribution >= 0.6 is 0 Å². The number of hydrogen-bond donors (Lipinski definition) is 1. The molecule has 0 heterocycles. The van der Waals surface area contributed by atoms with Gasteiger partial charge in [0.1, 0.15) is 11.4 Å². The van der Waals surface area contributed by atoms with E-state index in [-0.39, 0.29) is 22.3 Å². The second-order valence-electron chi connectivity index (χ2n) is 8.74. The van der Waals surface area contributed by atoms with Gasteiger partial charge in [0.15, 0.2) is 0 Å². The highest BCUT2D eigenvalue weighted by Gasteiger charge is 2.30. The van der Waals surface area contributed by atoms with Crippen molar-refractivity contribution in [3.63, 3.8) is 0 Å². The maximum absolute atomic E-state index is 11.5. The average Bonchev–Trinajstić information content (AvgIpc) is 2.58. The molecule has 0 aliphatic carbocycles. The molecule has 0 saturated carbocycles. The lowest BCUT2D eigenvalue weighted by molar-refractivity contribution is -0.386. The topological polar surface area (TPSA) is 85.0 Å². The van der Waals surface area contributed by atoms with Crippen LogP contribution in [0.4, 0.5) is 11.4 Å². The second kappa shape index (κ2) is 8.00. The number of aromatic hydroxyl groups is 1. The molecule has 0 atom stereocenters. The van der Waals surface area contributed by atoms with Crippen molar-refractivity contribution < 1.29 is 14.8 Å². The molecule has 1 N–H and O–H groups in total. The van der Waals surface area contributed by atoms with Crippen LogP contribution in [0, 0.1) is 15.5 Å². The second-order valence-corrected chi connectivity index (χ2v) is 8.74. The summed E-state index contributed by atoms with van der Waals surface area (Å²) in [4.78, 5) is 15.3. The molecule has 0 bridgehead atoms. The molecule has 0 spiro atoms. The number of aliphatic imine (C=N–C) groups is 1. The number of nitro benzene ring substituents is 1. The highest BCUT2D eigenvalue weighted by atomic mass is 16.6. The lowest BCUT2D eigenvalue weighted by Gasteiger charge is -2.33. The molecule has 0 aliphatic heterocycles. The number of phenolic OH excluding ortho intramolecular Hbond substituents is 1. The van der Waals surface area contributed by atoms with E-state index in [9.17, 15) is 15.2 Å². The Balaban J connectivity index is 2.56. The Bertz CT molecular complexity index is 896. The maximum atomic E-state index is 11.5. The molecule has 0 radical (unpaired) electrons. The number of hydrogen-bond acceptors (Lipinski definition) is 5. The van der Waals surface area contributed by atoms with E-state index in [1.165, 1.54) is 12.3 Å². The molecule has 0 saturated heterocycles. The summed E-state index contributed by atoms with van der Waals surface area (Å²) in [6.45, 7) is 10.5. The van der Waals surface area contributed by atoms with E-state index in [0.717, 1.165) is 12.0 Å². The largest absolute Gasteiger partial charge is 0.502 e. The Morgan fingerprint density at radius 1 is 1.18 bits per heavy atom. The first kappa shape index (κ1) is 21.4. The summed E-state index contributed by atoms with van der Waals surface area (Å²) in [7, 11) is 1.55. The van der Waals surface area contributed by atoms with Crippen LogP contribution in [0.5, 0.6) is 11.5 Å². The third-order valence-corrected chi connectivity index (χ3v) is 4.50. The van der Waals surface area contributed by atoms with Crippen molar-refractivity contribution in [3.8, 4) is 11.5 Å². The molecule has 0 amide bonds. The fraction of sp³-hybridized carbons (Fsp3) is 0.409. The van der Waals surface area contributed by atoms with Crippen molar-refractivity contribution in [1.82, 2.24) is 0 Å². The Hall–Kier alpha value is -2.89. The Morgan fingerprint density at radius 3 is 2.39 bits per heavy atom. The smallest absolute Gasteiger partial charge is 0.311 e. The number of nitro groups is 1. The highest BCUT2D eigenvalue weighted by Crippen LogP contribution is 2.40. The molecule has 28 heavy (non-hydrogen) atoms. The van der Waals surface area contributed by atoms with Crippen LogP contribution < -0.4 is 4.74 Å². The van der Waals surface area contributed by atoms with Crippen molar-refractivity contribution >= 4 is 17.6 Å². The molecule has 0 unspecified atom stereocenters. The van der Waals surface area contributed by atoms with Crippen LogP contribution in [0.25, 0.3) is 0 Å². The normalized spacial score (nSPS) is 12.4. The minimum absolute atomic E-state index is 0.0435. The van der Waals surface area contributed by atoms with Crippen LogP contribution in [0.15, 0.2) is 41.4 Å². The molecule has 0 fully saturated rings. The Labute approximate surface area is 166 Å². The highest BCUT2D eigenvalue weighted by molar-refractivity contribution is 5.88. The SMILES string of the molecule is COc1ccccc1N=Cc1cc(C(C)(C)CC(C)(C)C)cc([N+](=O)[O-])c1O. The monoisotopic (exact) mass is 384 g/mol. The van der Waals surface area contributed by atoms with E-state index in [4.69, 9.17) is 4.74 Å². The van der Waals surface area contributed by atoms with Crippen LogP contribution in [-0.4, -0.2) is 23.4 Å². The third-order valence-electron chi connectivity index (χ3n) is 4.50. The summed E-state index contributed by atoms with van der Waals surface area (Å²) >= 11 is 0. The predicted molar refractivity (Wildman–Crippen MR) is 112 cm³/mol. The minimum atomic E-state index is -0.563. The van der Waals surface area contributed by atoms with Gasteiger partial charge in [0, 0.05) is 17.8 Å².